The fourth-order valence-corrected chi connectivity index (χ4v) is 5.01. The van der Waals surface area contributed by atoms with Crippen LogP contribution in [0, 0.1) is 0 Å². The molecule has 2 aliphatic carbocycles. The van der Waals surface area contributed by atoms with E-state index in [1.165, 1.54) is 38.5 Å². The largest absolute Gasteiger partial charge is 0.493 e. The van der Waals surface area contributed by atoms with E-state index in [0.717, 1.165) is 31.2 Å². The SMILES string of the molecule is COc1cc(CNCC2(O)CCCCC2)ccc1OCC(O)CN(C)C1CCCCC1. The molecule has 6 nitrogen and oxygen atoms in total. The van der Waals surface area contributed by atoms with Crippen molar-refractivity contribution in [1.29, 1.82) is 0 Å². The van der Waals surface area contributed by atoms with Gasteiger partial charge >= 0.3 is 0 Å². The second-order valence-corrected chi connectivity index (χ2v) is 9.57. The highest BCUT2D eigenvalue weighted by molar-refractivity contribution is 5.43. The first kappa shape index (κ1) is 24.3. The van der Waals surface area contributed by atoms with E-state index < -0.39 is 11.7 Å². The first-order chi connectivity index (χ1) is 15.0. The van der Waals surface area contributed by atoms with Crippen LogP contribution in [-0.2, 0) is 6.54 Å². The van der Waals surface area contributed by atoms with Crippen LogP contribution in [0.5, 0.6) is 11.5 Å². The monoisotopic (exact) mass is 434 g/mol. The number of nitrogens with one attached hydrogen (secondary N) is 1. The van der Waals surface area contributed by atoms with Gasteiger partial charge in [0.15, 0.2) is 11.5 Å². The maximum Gasteiger partial charge on any atom is 0.161 e. The number of aliphatic hydroxyl groups is 2. The molecule has 3 N–H and O–H groups in total. The van der Waals surface area contributed by atoms with Gasteiger partial charge in [-0.05, 0) is 50.4 Å². The van der Waals surface area contributed by atoms with Crippen LogP contribution in [0.2, 0.25) is 0 Å². The first-order valence-electron chi connectivity index (χ1n) is 12.1. The van der Waals surface area contributed by atoms with Gasteiger partial charge in [0, 0.05) is 25.7 Å². The van der Waals surface area contributed by atoms with Gasteiger partial charge in [0.05, 0.1) is 12.7 Å². The van der Waals surface area contributed by atoms with Crippen LogP contribution in [0.1, 0.15) is 69.8 Å². The molecule has 6 heteroatoms. The molecule has 2 aliphatic rings. The standard InChI is InChI=1S/C25H42N2O4/c1-27(21-9-5-3-6-10-21)17-22(28)18-31-23-12-11-20(15-24(23)30-2)16-26-19-25(29)13-7-4-8-14-25/h11-12,15,21-22,26,28-29H,3-10,13-14,16-19H2,1-2H3. The van der Waals surface area contributed by atoms with Crippen LogP contribution in [0.15, 0.2) is 18.2 Å². The lowest BCUT2D eigenvalue weighted by Crippen LogP contribution is -2.41. The van der Waals surface area contributed by atoms with E-state index in [2.05, 4.69) is 17.3 Å². The van der Waals surface area contributed by atoms with E-state index in [-0.39, 0.29) is 6.61 Å². The van der Waals surface area contributed by atoms with Gasteiger partial charge in [0.25, 0.3) is 0 Å². The van der Waals surface area contributed by atoms with Crippen molar-refractivity contribution in [3.8, 4) is 11.5 Å². The summed E-state index contributed by atoms with van der Waals surface area (Å²) in [6, 6.07) is 6.46. The Morgan fingerprint density at radius 2 is 1.81 bits per heavy atom. The molecule has 3 rings (SSSR count). The molecule has 1 aromatic rings. The molecule has 2 fully saturated rings. The van der Waals surface area contributed by atoms with Gasteiger partial charge in [0.1, 0.15) is 12.7 Å². The Hall–Kier alpha value is -1.34. The van der Waals surface area contributed by atoms with Crippen LogP contribution < -0.4 is 14.8 Å². The molecule has 0 aliphatic heterocycles. The van der Waals surface area contributed by atoms with E-state index in [1.54, 1.807) is 7.11 Å². The summed E-state index contributed by atoms with van der Waals surface area (Å²) in [7, 11) is 3.74. The van der Waals surface area contributed by atoms with Crippen molar-refractivity contribution in [1.82, 2.24) is 10.2 Å². The number of methoxy groups -OCH3 is 1. The lowest BCUT2D eigenvalue weighted by Gasteiger charge is -2.32. The third kappa shape index (κ3) is 7.63. The highest BCUT2D eigenvalue weighted by Gasteiger charge is 2.28. The van der Waals surface area contributed by atoms with Gasteiger partial charge in [0.2, 0.25) is 0 Å². The van der Waals surface area contributed by atoms with Gasteiger partial charge in [-0.1, -0.05) is 44.6 Å². The number of rotatable bonds is 11. The Morgan fingerprint density at radius 3 is 2.52 bits per heavy atom. The fraction of sp³-hybridized carbons (Fsp3) is 0.760. The van der Waals surface area contributed by atoms with Gasteiger partial charge in [-0.3, -0.25) is 0 Å². The van der Waals surface area contributed by atoms with Crippen molar-refractivity contribution < 1.29 is 19.7 Å². The summed E-state index contributed by atoms with van der Waals surface area (Å²) in [5.74, 6) is 1.32. The molecule has 2 saturated carbocycles. The second-order valence-electron chi connectivity index (χ2n) is 9.57. The Kier molecular flexibility index (Phi) is 9.45. The molecule has 0 amide bonds. The Balaban J connectivity index is 1.44. The van der Waals surface area contributed by atoms with E-state index >= 15 is 0 Å². The number of hydrogen-bond donors (Lipinski definition) is 3. The number of nitrogens with zero attached hydrogens (tertiary/aromatic N) is 1. The zero-order valence-corrected chi connectivity index (χ0v) is 19.4. The average Bonchev–Trinajstić information content (AvgIpc) is 2.79. The summed E-state index contributed by atoms with van der Waals surface area (Å²) in [6.07, 6.45) is 11.1. The topological polar surface area (TPSA) is 74.2 Å². The Labute approximate surface area is 187 Å². The molecule has 0 saturated heterocycles. The second kappa shape index (κ2) is 12.0. The molecule has 176 valence electrons. The summed E-state index contributed by atoms with van der Waals surface area (Å²) < 4.78 is 11.4. The lowest BCUT2D eigenvalue weighted by molar-refractivity contribution is 0.00467. The summed E-state index contributed by atoms with van der Waals surface area (Å²) >= 11 is 0. The van der Waals surface area contributed by atoms with Crippen molar-refractivity contribution in [2.24, 2.45) is 0 Å². The minimum absolute atomic E-state index is 0.248. The summed E-state index contributed by atoms with van der Waals surface area (Å²) in [5, 5.41) is 24.5. The smallest absolute Gasteiger partial charge is 0.161 e. The highest BCUT2D eigenvalue weighted by Crippen LogP contribution is 2.30. The highest BCUT2D eigenvalue weighted by atomic mass is 16.5. The predicted molar refractivity (Wildman–Crippen MR) is 124 cm³/mol. The van der Waals surface area contributed by atoms with E-state index in [0.29, 0.717) is 37.2 Å². The number of aliphatic hydroxyl groups excluding tert-OH is 1. The summed E-state index contributed by atoms with van der Waals surface area (Å²) in [6.45, 7) is 2.16. The van der Waals surface area contributed by atoms with Crippen LogP contribution in [0.3, 0.4) is 0 Å². The minimum atomic E-state index is -0.563. The van der Waals surface area contributed by atoms with Crippen LogP contribution >= 0.6 is 0 Å². The van der Waals surface area contributed by atoms with Crippen LogP contribution in [0.25, 0.3) is 0 Å². The van der Waals surface area contributed by atoms with E-state index in [9.17, 15) is 10.2 Å². The van der Waals surface area contributed by atoms with Crippen LogP contribution in [-0.4, -0.2) is 66.7 Å². The molecule has 1 atom stereocenters. The molecule has 0 spiro atoms. The number of likely N-dealkylation sites (N-methyl/N-ethyl adjacent to an activating group) is 1. The number of hydrogen-bond acceptors (Lipinski definition) is 6. The molecular weight excluding hydrogens is 392 g/mol. The van der Waals surface area contributed by atoms with Gasteiger partial charge in [-0.15, -0.1) is 0 Å². The molecule has 0 heterocycles. The van der Waals surface area contributed by atoms with Crippen molar-refractivity contribution >= 4 is 0 Å². The predicted octanol–water partition coefficient (Wildman–Crippen LogP) is 3.48. The minimum Gasteiger partial charge on any atom is -0.493 e. The van der Waals surface area contributed by atoms with Crippen LogP contribution in [0.4, 0.5) is 0 Å². The molecule has 1 unspecified atom stereocenters. The quantitative estimate of drug-likeness (QED) is 0.495. The maximum atomic E-state index is 10.6. The third-order valence-corrected chi connectivity index (χ3v) is 6.92. The molecule has 1 aromatic carbocycles. The number of benzene rings is 1. The molecule has 0 radical (unpaired) electrons. The molecule has 0 aromatic heterocycles. The van der Waals surface area contributed by atoms with Crippen molar-refractivity contribution in [2.75, 3.05) is 33.9 Å². The van der Waals surface area contributed by atoms with E-state index in [4.69, 9.17) is 9.47 Å². The molecule has 31 heavy (non-hydrogen) atoms. The summed E-state index contributed by atoms with van der Waals surface area (Å²) in [4.78, 5) is 2.28. The maximum absolute atomic E-state index is 10.6. The zero-order valence-electron chi connectivity index (χ0n) is 19.4. The molecule has 0 bridgehead atoms. The number of ether oxygens (including phenoxy) is 2. The molecular formula is C25H42N2O4. The summed E-state index contributed by atoms with van der Waals surface area (Å²) in [5.41, 5.74) is 0.521. The van der Waals surface area contributed by atoms with Crippen molar-refractivity contribution in [3.05, 3.63) is 23.8 Å². The zero-order chi connectivity index (χ0) is 22.1. The van der Waals surface area contributed by atoms with Gasteiger partial charge in [-0.25, -0.2) is 0 Å². The normalized spacial score (nSPS) is 20.5. The van der Waals surface area contributed by atoms with Gasteiger partial charge < -0.3 is 29.9 Å². The van der Waals surface area contributed by atoms with Gasteiger partial charge in [-0.2, -0.15) is 0 Å². The van der Waals surface area contributed by atoms with E-state index in [1.807, 2.05) is 18.2 Å². The van der Waals surface area contributed by atoms with Crippen molar-refractivity contribution in [3.63, 3.8) is 0 Å². The fourth-order valence-electron chi connectivity index (χ4n) is 5.01. The Bertz CT molecular complexity index is 657. The van der Waals surface area contributed by atoms with Crippen molar-refractivity contribution in [2.45, 2.75) is 88.5 Å². The Morgan fingerprint density at radius 1 is 1.10 bits per heavy atom. The third-order valence-electron chi connectivity index (χ3n) is 6.92. The average molecular weight is 435 g/mol. The first-order valence-corrected chi connectivity index (χ1v) is 12.1. The lowest BCUT2D eigenvalue weighted by atomic mass is 9.85.